The molecule has 258 valence electrons. The molecule has 0 amide bonds. The molecular weight excluding hydrogens is 669 g/mol. The van der Waals surface area contributed by atoms with Crippen LogP contribution in [0.2, 0.25) is 64.0 Å². The van der Waals surface area contributed by atoms with Crippen LogP contribution in [0.5, 0.6) is 0 Å². The van der Waals surface area contributed by atoms with Gasteiger partial charge in [0, 0.05) is 18.2 Å². The van der Waals surface area contributed by atoms with Crippen molar-refractivity contribution in [2.24, 2.45) is 0 Å². The van der Waals surface area contributed by atoms with Gasteiger partial charge in [0.05, 0.1) is 35.5 Å². The van der Waals surface area contributed by atoms with E-state index in [1.807, 2.05) is 0 Å². The van der Waals surface area contributed by atoms with Gasteiger partial charge in [-0.3, -0.25) is 14.3 Å². The van der Waals surface area contributed by atoms with Gasteiger partial charge in [0.2, 0.25) is 0 Å². The molecule has 1 aromatic heterocycles. The summed E-state index contributed by atoms with van der Waals surface area (Å²) in [5, 5.41) is 2.18. The lowest BCUT2D eigenvalue weighted by molar-refractivity contribution is -0.0387. The van der Waals surface area contributed by atoms with Gasteiger partial charge in [-0.05, 0) is 22.3 Å². The molecule has 12 heteroatoms. The van der Waals surface area contributed by atoms with Crippen molar-refractivity contribution in [2.45, 2.75) is 117 Å². The SMILES string of the molecule is Cc1cn([C@H]2C[C@H](O[Si](c3ccccc3)(c3ccccc3)C(C)(C)C)[C@@H](CO[Si]([Si](C)(C)C)([Si](C)(C)C)[Si](C)(C)C)O2)c(=O)[nH]c1=O. The molecule has 3 aromatic rings. The molecule has 4 rings (SSSR count). The summed E-state index contributed by atoms with van der Waals surface area (Å²) in [7, 11) is -8.14. The monoisotopic (exact) mass is 726 g/mol. The van der Waals surface area contributed by atoms with E-state index in [1.54, 1.807) is 17.7 Å². The van der Waals surface area contributed by atoms with Crippen LogP contribution < -0.4 is 21.6 Å². The summed E-state index contributed by atoms with van der Waals surface area (Å²) in [4.78, 5) is 28.0. The Bertz CT molecular complexity index is 1560. The van der Waals surface area contributed by atoms with Gasteiger partial charge in [0.25, 0.3) is 13.9 Å². The molecule has 0 unspecified atom stereocenters. The van der Waals surface area contributed by atoms with Crippen LogP contribution in [0.4, 0.5) is 0 Å². The lowest BCUT2D eigenvalue weighted by Crippen LogP contribution is -2.84. The third-order valence-corrected chi connectivity index (χ3v) is 82.8. The van der Waals surface area contributed by atoms with E-state index in [-0.39, 0.29) is 22.8 Å². The third kappa shape index (κ3) is 7.07. The Labute approximate surface area is 286 Å². The molecule has 0 spiro atoms. The molecule has 1 aliphatic rings. The van der Waals surface area contributed by atoms with Gasteiger partial charge in [0.1, 0.15) is 12.3 Å². The molecule has 7 nitrogen and oxygen atoms in total. The largest absolute Gasteiger partial charge is 0.423 e. The van der Waals surface area contributed by atoms with E-state index < -0.39 is 49.9 Å². The second kappa shape index (κ2) is 13.4. The number of hydrogen-bond acceptors (Lipinski definition) is 5. The number of nitrogens with zero attached hydrogens (tertiary/aromatic N) is 1. The predicted molar refractivity (Wildman–Crippen MR) is 209 cm³/mol. The normalized spacial score (nSPS) is 20.1. The van der Waals surface area contributed by atoms with Crippen LogP contribution in [0, 0.1) is 6.92 Å². The zero-order valence-corrected chi connectivity index (χ0v) is 36.0. The zero-order chi connectivity index (χ0) is 35.2. The molecule has 0 radical (unpaired) electrons. The molecule has 1 N–H and O–H groups in total. The first kappa shape index (κ1) is 37.9. The minimum Gasteiger partial charge on any atom is -0.423 e. The van der Waals surface area contributed by atoms with Gasteiger partial charge >= 0.3 is 5.69 Å². The van der Waals surface area contributed by atoms with Gasteiger partial charge < -0.3 is 13.6 Å². The Hall–Kier alpha value is -1.92. The van der Waals surface area contributed by atoms with Crippen LogP contribution >= 0.6 is 0 Å². The fourth-order valence-corrected chi connectivity index (χ4v) is 108. The second-order valence-electron chi connectivity index (χ2n) is 17.4. The summed E-state index contributed by atoms with van der Waals surface area (Å²) in [5.41, 5.74) is -0.369. The van der Waals surface area contributed by atoms with Crippen LogP contribution in [0.3, 0.4) is 0 Å². The Kier molecular flexibility index (Phi) is 10.8. The fourth-order valence-electron chi connectivity index (χ4n) is 9.10. The minimum absolute atomic E-state index is 0.224. The Morgan fingerprint density at radius 1 is 0.809 bits per heavy atom. The summed E-state index contributed by atoms with van der Waals surface area (Å²) in [6.07, 6.45) is 0.807. The molecule has 1 aliphatic heterocycles. The summed E-state index contributed by atoms with van der Waals surface area (Å²) >= 11 is 0. The number of ether oxygens (including phenoxy) is 1. The zero-order valence-electron chi connectivity index (χ0n) is 31.0. The molecule has 2 heterocycles. The van der Waals surface area contributed by atoms with Gasteiger partial charge in [-0.1, -0.05) is 140 Å². The number of aromatic amines is 1. The number of H-pyrrole nitrogens is 1. The van der Waals surface area contributed by atoms with Crippen LogP contribution in [0.1, 0.15) is 39.0 Å². The standard InChI is InChI=1S/C35H58N2O5Si5/c1-27-25-37(34(39)36-33(27)38)32-24-30(31(41-32)26-40-47(43(5,6)7,44(8,9)10)45(11,12)13)42-46(35(2,3)4,28-20-16-14-17-21-28)29-22-18-15-19-23-29/h14-23,25,30-32H,24,26H2,1-13H3,(H,36,38,39)/t30-,31+,32+/m0/s1. The van der Waals surface area contributed by atoms with E-state index in [0.717, 1.165) is 0 Å². The minimum atomic E-state index is -2.95. The highest BCUT2D eigenvalue weighted by Crippen LogP contribution is 2.43. The molecule has 3 atom stereocenters. The van der Waals surface area contributed by atoms with E-state index in [9.17, 15) is 9.59 Å². The Morgan fingerprint density at radius 2 is 1.28 bits per heavy atom. The van der Waals surface area contributed by atoms with Crippen molar-refractivity contribution in [3.63, 3.8) is 0 Å². The summed E-state index contributed by atoms with van der Waals surface area (Å²) in [6, 6.07) is 21.3. The number of hydrogen-bond donors (Lipinski definition) is 1. The maximum atomic E-state index is 13.2. The topological polar surface area (TPSA) is 82.6 Å². The average molecular weight is 727 g/mol. The molecule has 0 bridgehead atoms. The lowest BCUT2D eigenvalue weighted by Gasteiger charge is -2.56. The number of benzene rings is 2. The van der Waals surface area contributed by atoms with Gasteiger partial charge in [0.15, 0.2) is 6.87 Å². The average Bonchev–Trinajstić information content (AvgIpc) is 3.34. The maximum Gasteiger partial charge on any atom is 0.330 e. The van der Waals surface area contributed by atoms with Crippen LogP contribution in [-0.2, 0) is 13.6 Å². The molecule has 1 saturated heterocycles. The molecule has 0 saturated carbocycles. The van der Waals surface area contributed by atoms with Crippen LogP contribution in [0.15, 0.2) is 76.4 Å². The highest BCUT2D eigenvalue weighted by atomic mass is 29.9. The van der Waals surface area contributed by atoms with Gasteiger partial charge in [-0.25, -0.2) is 4.79 Å². The van der Waals surface area contributed by atoms with Crippen molar-refractivity contribution in [3.05, 3.63) is 93.3 Å². The van der Waals surface area contributed by atoms with Crippen LogP contribution in [0.25, 0.3) is 0 Å². The first-order chi connectivity index (χ1) is 21.6. The van der Waals surface area contributed by atoms with Crippen molar-refractivity contribution in [1.82, 2.24) is 9.55 Å². The number of aryl methyl sites for hydroxylation is 1. The van der Waals surface area contributed by atoms with Crippen molar-refractivity contribution < 1.29 is 13.6 Å². The fraction of sp³-hybridized carbons (Fsp3) is 0.543. The second-order valence-corrected chi connectivity index (χ2v) is 61.1. The first-order valence-corrected chi connectivity index (χ1v) is 34.3. The highest BCUT2D eigenvalue weighted by Gasteiger charge is 2.64. The van der Waals surface area contributed by atoms with Gasteiger partial charge in [-0.2, -0.15) is 0 Å². The molecule has 1 fully saturated rings. The number of nitrogens with one attached hydrogen (secondary N) is 1. The van der Waals surface area contributed by atoms with Crippen LogP contribution in [-0.4, -0.2) is 66.3 Å². The maximum absolute atomic E-state index is 13.2. The summed E-state index contributed by atoms with van der Waals surface area (Å²) in [5.74, 6) is 0. The highest BCUT2D eigenvalue weighted by molar-refractivity contribution is 7.87. The van der Waals surface area contributed by atoms with Gasteiger partial charge in [-0.15, -0.1) is 0 Å². The van der Waals surface area contributed by atoms with E-state index in [0.29, 0.717) is 18.6 Å². The summed E-state index contributed by atoms with van der Waals surface area (Å²) < 4.78 is 23.7. The quantitative estimate of drug-likeness (QED) is 0.235. The number of rotatable bonds is 11. The van der Waals surface area contributed by atoms with E-state index in [4.69, 9.17) is 13.6 Å². The van der Waals surface area contributed by atoms with Crippen molar-refractivity contribution >= 4 is 48.3 Å². The summed E-state index contributed by atoms with van der Waals surface area (Å²) in [6.45, 7) is 29.5. The van der Waals surface area contributed by atoms with E-state index >= 15 is 0 Å². The predicted octanol–water partition coefficient (Wildman–Crippen LogP) is 6.29. The Balaban J connectivity index is 1.89. The number of aromatic nitrogens is 2. The molecule has 2 aromatic carbocycles. The van der Waals surface area contributed by atoms with Crippen molar-refractivity contribution in [2.75, 3.05) is 6.61 Å². The molecule has 47 heavy (non-hydrogen) atoms. The smallest absolute Gasteiger partial charge is 0.330 e. The van der Waals surface area contributed by atoms with Crippen molar-refractivity contribution in [3.8, 4) is 0 Å². The lowest BCUT2D eigenvalue weighted by atomic mass is 10.2. The van der Waals surface area contributed by atoms with E-state index in [2.05, 4.69) is 145 Å². The molecule has 0 aliphatic carbocycles. The van der Waals surface area contributed by atoms with E-state index in [1.165, 1.54) is 10.4 Å². The first-order valence-electron chi connectivity index (χ1n) is 17.0. The van der Waals surface area contributed by atoms with Crippen molar-refractivity contribution in [1.29, 1.82) is 0 Å². The third-order valence-electron chi connectivity index (χ3n) is 10.0. The molecular formula is C35H58N2O5Si5. The Morgan fingerprint density at radius 3 is 1.70 bits per heavy atom.